The molecule has 4 nitrogen and oxygen atoms in total. The van der Waals surface area contributed by atoms with Gasteiger partial charge in [0.1, 0.15) is 0 Å². The molecule has 1 N–H and O–H groups in total. The highest BCUT2D eigenvalue weighted by Gasteiger charge is 2.18. The van der Waals surface area contributed by atoms with Gasteiger partial charge in [0, 0.05) is 19.1 Å². The highest BCUT2D eigenvalue weighted by atomic mass is 35.5. The maximum atomic E-state index is 6.20. The average Bonchev–Trinajstić information content (AvgIpc) is 2.95. The Hall–Kier alpha value is -0.970. The first-order valence-electron chi connectivity index (χ1n) is 7.76. The molecule has 21 heavy (non-hydrogen) atoms. The van der Waals surface area contributed by atoms with Crippen molar-refractivity contribution in [3.8, 4) is 11.5 Å². The average molecular weight is 311 g/mol. The Kier molecular flexibility index (Phi) is 4.88. The molecule has 0 radical (unpaired) electrons. The first kappa shape index (κ1) is 14.9. The number of nitrogens with zero attached hydrogens (tertiary/aromatic N) is 1. The van der Waals surface area contributed by atoms with Crippen LogP contribution in [0.4, 0.5) is 0 Å². The van der Waals surface area contributed by atoms with Gasteiger partial charge in [-0.1, -0.05) is 18.0 Å². The number of hydrogen-bond donors (Lipinski definition) is 1. The van der Waals surface area contributed by atoms with Gasteiger partial charge in [-0.2, -0.15) is 0 Å². The minimum Gasteiger partial charge on any atom is -0.454 e. The lowest BCUT2D eigenvalue weighted by Crippen LogP contribution is -2.41. The fourth-order valence-corrected chi connectivity index (χ4v) is 3.30. The van der Waals surface area contributed by atoms with Crippen molar-refractivity contribution in [3.63, 3.8) is 0 Å². The molecule has 2 aliphatic heterocycles. The molecule has 0 bridgehead atoms. The summed E-state index contributed by atoms with van der Waals surface area (Å²) in [5.74, 6) is 1.42. The van der Waals surface area contributed by atoms with Gasteiger partial charge in [-0.05, 0) is 50.6 Å². The van der Waals surface area contributed by atoms with E-state index in [1.54, 1.807) is 0 Å². The van der Waals surface area contributed by atoms with Crippen LogP contribution in [0, 0.1) is 0 Å². The maximum Gasteiger partial charge on any atom is 0.231 e. The summed E-state index contributed by atoms with van der Waals surface area (Å²) in [5.41, 5.74) is 1.13. The second kappa shape index (κ2) is 6.86. The lowest BCUT2D eigenvalue weighted by Gasteiger charge is -2.29. The van der Waals surface area contributed by atoms with Gasteiger partial charge < -0.3 is 19.7 Å². The van der Waals surface area contributed by atoms with Crippen LogP contribution in [0.2, 0.25) is 5.02 Å². The molecule has 1 saturated heterocycles. The molecule has 0 aromatic heterocycles. The van der Waals surface area contributed by atoms with Crippen molar-refractivity contribution in [2.75, 3.05) is 26.4 Å². The molecule has 1 aromatic carbocycles. The van der Waals surface area contributed by atoms with Crippen molar-refractivity contribution in [2.45, 2.75) is 38.8 Å². The molecule has 0 amide bonds. The van der Waals surface area contributed by atoms with E-state index < -0.39 is 0 Å². The number of piperidine rings is 1. The van der Waals surface area contributed by atoms with Crippen molar-refractivity contribution >= 4 is 11.6 Å². The van der Waals surface area contributed by atoms with Gasteiger partial charge in [0.25, 0.3) is 0 Å². The Morgan fingerprint density at radius 1 is 1.24 bits per heavy atom. The van der Waals surface area contributed by atoms with Crippen LogP contribution in [0.3, 0.4) is 0 Å². The normalized spacial score (nSPS) is 19.7. The molecular formula is C16H23ClN2O2. The summed E-state index contributed by atoms with van der Waals surface area (Å²) in [5, 5.41) is 4.20. The van der Waals surface area contributed by atoms with Crippen molar-refractivity contribution < 1.29 is 9.47 Å². The predicted octanol–water partition coefficient (Wildman–Crippen LogP) is 3.03. The van der Waals surface area contributed by atoms with E-state index in [0.717, 1.165) is 24.4 Å². The van der Waals surface area contributed by atoms with Gasteiger partial charge in [0.15, 0.2) is 11.5 Å². The van der Waals surface area contributed by atoms with Crippen LogP contribution in [0.15, 0.2) is 12.1 Å². The van der Waals surface area contributed by atoms with E-state index in [4.69, 9.17) is 21.1 Å². The summed E-state index contributed by atoms with van der Waals surface area (Å²) >= 11 is 6.20. The van der Waals surface area contributed by atoms with Crippen LogP contribution in [0.1, 0.15) is 31.7 Å². The first-order valence-corrected chi connectivity index (χ1v) is 8.14. The minimum absolute atomic E-state index is 0.261. The third-order valence-electron chi connectivity index (χ3n) is 4.12. The lowest BCUT2D eigenvalue weighted by molar-refractivity contribution is 0.174. The van der Waals surface area contributed by atoms with E-state index in [1.807, 2.05) is 12.1 Å². The van der Waals surface area contributed by atoms with Gasteiger partial charge in [0.2, 0.25) is 6.79 Å². The van der Waals surface area contributed by atoms with Crippen molar-refractivity contribution in [3.05, 3.63) is 22.7 Å². The summed E-state index contributed by atoms with van der Waals surface area (Å²) in [6, 6.07) is 4.43. The number of likely N-dealkylation sites (tertiary alicyclic amines) is 1. The predicted molar refractivity (Wildman–Crippen MR) is 84.2 cm³/mol. The molecule has 2 aliphatic rings. The zero-order valence-corrected chi connectivity index (χ0v) is 13.3. The molecule has 116 valence electrons. The third kappa shape index (κ3) is 3.82. The molecule has 1 atom stereocenters. The quantitative estimate of drug-likeness (QED) is 0.906. The van der Waals surface area contributed by atoms with Crippen molar-refractivity contribution in [1.29, 1.82) is 0 Å². The Labute approximate surface area is 131 Å². The van der Waals surface area contributed by atoms with Crippen molar-refractivity contribution in [1.82, 2.24) is 10.2 Å². The summed E-state index contributed by atoms with van der Waals surface area (Å²) in [7, 11) is 0. The highest BCUT2D eigenvalue weighted by molar-refractivity contribution is 6.32. The molecule has 1 unspecified atom stereocenters. The summed E-state index contributed by atoms with van der Waals surface area (Å²) in [6.07, 6.45) is 4.06. The molecule has 0 aliphatic carbocycles. The topological polar surface area (TPSA) is 33.7 Å². The van der Waals surface area contributed by atoms with Gasteiger partial charge >= 0.3 is 0 Å². The van der Waals surface area contributed by atoms with E-state index in [-0.39, 0.29) is 6.79 Å². The lowest BCUT2D eigenvalue weighted by atomic mass is 10.1. The van der Waals surface area contributed by atoms with E-state index in [9.17, 15) is 0 Å². The standard InChI is InChI=1S/C16H23ClN2O2/c1-12(10-19-5-3-2-4-6-19)18-9-13-7-14(17)16-15(8-13)20-11-21-16/h7-8,12,18H,2-6,9-11H2,1H3. The largest absolute Gasteiger partial charge is 0.454 e. The van der Waals surface area contributed by atoms with Crippen LogP contribution < -0.4 is 14.8 Å². The monoisotopic (exact) mass is 310 g/mol. The molecule has 2 heterocycles. The van der Waals surface area contributed by atoms with Crippen LogP contribution in [0.25, 0.3) is 0 Å². The van der Waals surface area contributed by atoms with E-state index in [0.29, 0.717) is 16.8 Å². The molecular weight excluding hydrogens is 288 g/mol. The number of benzene rings is 1. The van der Waals surface area contributed by atoms with Crippen molar-refractivity contribution in [2.24, 2.45) is 0 Å². The smallest absolute Gasteiger partial charge is 0.231 e. The van der Waals surface area contributed by atoms with Crippen LogP contribution in [-0.4, -0.2) is 37.4 Å². The number of rotatable bonds is 5. The maximum absolute atomic E-state index is 6.20. The Morgan fingerprint density at radius 3 is 2.86 bits per heavy atom. The first-order chi connectivity index (χ1) is 10.2. The van der Waals surface area contributed by atoms with Gasteiger partial charge in [0.05, 0.1) is 5.02 Å². The van der Waals surface area contributed by atoms with E-state index >= 15 is 0 Å². The minimum atomic E-state index is 0.261. The third-order valence-corrected chi connectivity index (χ3v) is 4.40. The number of fused-ring (bicyclic) bond motifs is 1. The van der Waals surface area contributed by atoms with Crippen LogP contribution >= 0.6 is 11.6 Å². The summed E-state index contributed by atoms with van der Waals surface area (Å²) in [4.78, 5) is 2.55. The number of nitrogens with one attached hydrogen (secondary N) is 1. The van der Waals surface area contributed by atoms with Gasteiger partial charge in [-0.15, -0.1) is 0 Å². The molecule has 0 spiro atoms. The van der Waals surface area contributed by atoms with Crippen LogP contribution in [-0.2, 0) is 6.54 Å². The zero-order chi connectivity index (χ0) is 14.7. The Balaban J connectivity index is 1.51. The zero-order valence-electron chi connectivity index (χ0n) is 12.5. The Morgan fingerprint density at radius 2 is 2.05 bits per heavy atom. The molecule has 1 fully saturated rings. The molecule has 5 heteroatoms. The van der Waals surface area contributed by atoms with Crippen LogP contribution in [0.5, 0.6) is 11.5 Å². The highest BCUT2D eigenvalue weighted by Crippen LogP contribution is 2.39. The Bertz CT molecular complexity index is 489. The SMILES string of the molecule is CC(CN1CCCCC1)NCc1cc(Cl)c2c(c1)OCO2. The number of ether oxygens (including phenoxy) is 2. The molecule has 3 rings (SSSR count). The molecule has 1 aromatic rings. The summed E-state index contributed by atoms with van der Waals surface area (Å²) < 4.78 is 10.7. The second-order valence-electron chi connectivity index (χ2n) is 5.95. The number of hydrogen-bond acceptors (Lipinski definition) is 4. The number of halogens is 1. The van der Waals surface area contributed by atoms with E-state index in [1.165, 1.54) is 32.4 Å². The van der Waals surface area contributed by atoms with E-state index in [2.05, 4.69) is 17.1 Å². The second-order valence-corrected chi connectivity index (χ2v) is 6.36. The fraction of sp³-hybridized carbons (Fsp3) is 0.625. The molecule has 0 saturated carbocycles. The fourth-order valence-electron chi connectivity index (χ4n) is 3.01. The van der Waals surface area contributed by atoms with Gasteiger partial charge in [-0.3, -0.25) is 0 Å². The van der Waals surface area contributed by atoms with Gasteiger partial charge in [-0.25, -0.2) is 0 Å². The summed E-state index contributed by atoms with van der Waals surface area (Å²) in [6.45, 7) is 6.88.